The summed E-state index contributed by atoms with van der Waals surface area (Å²) in [6, 6.07) is 9.11. The fourth-order valence-electron chi connectivity index (χ4n) is 4.18. The third-order valence-electron chi connectivity index (χ3n) is 5.75. The average molecular weight is 377 g/mol. The van der Waals surface area contributed by atoms with Crippen LogP contribution in [0.2, 0.25) is 0 Å². The van der Waals surface area contributed by atoms with E-state index in [9.17, 15) is 14.4 Å². The van der Waals surface area contributed by atoms with Crippen molar-refractivity contribution in [2.75, 3.05) is 13.1 Å². The number of likely N-dealkylation sites (tertiary alicyclic amines) is 2. The number of hydrogen-bond donors (Lipinski definition) is 0. The third kappa shape index (κ3) is 2.56. The number of allylic oxidation sites excluding steroid dienone is 2. The molecule has 2 atom stereocenters. The Bertz CT molecular complexity index is 951. The molecule has 0 radical (unpaired) electrons. The van der Waals surface area contributed by atoms with Crippen molar-refractivity contribution in [2.45, 2.75) is 18.9 Å². The molecule has 2 aromatic rings. The predicted octanol–water partition coefficient (Wildman–Crippen LogP) is 1.04. The maximum Gasteiger partial charge on any atom is 0.276 e. The van der Waals surface area contributed by atoms with E-state index in [0.717, 1.165) is 5.69 Å². The summed E-state index contributed by atoms with van der Waals surface area (Å²) >= 11 is 0. The Hall–Kier alpha value is -3.29. The van der Waals surface area contributed by atoms with Crippen molar-refractivity contribution in [1.82, 2.24) is 24.8 Å². The van der Waals surface area contributed by atoms with E-state index < -0.39 is 0 Å². The maximum absolute atomic E-state index is 12.7. The van der Waals surface area contributed by atoms with Crippen LogP contribution in [0.1, 0.15) is 23.3 Å². The largest absolute Gasteiger partial charge is 0.333 e. The Morgan fingerprint density at radius 2 is 1.61 bits per heavy atom. The molecule has 8 heteroatoms. The predicted molar refractivity (Wildman–Crippen MR) is 98.3 cm³/mol. The van der Waals surface area contributed by atoms with Crippen molar-refractivity contribution in [3.63, 3.8) is 0 Å². The van der Waals surface area contributed by atoms with Gasteiger partial charge in [-0.3, -0.25) is 19.3 Å². The number of benzene rings is 1. The highest BCUT2D eigenvalue weighted by Crippen LogP contribution is 2.37. The van der Waals surface area contributed by atoms with Gasteiger partial charge in [0.05, 0.1) is 29.8 Å². The van der Waals surface area contributed by atoms with Crippen LogP contribution in [0.5, 0.6) is 0 Å². The Morgan fingerprint density at radius 3 is 2.25 bits per heavy atom. The molecule has 3 amide bonds. The van der Waals surface area contributed by atoms with Crippen LogP contribution >= 0.6 is 0 Å². The number of rotatable bonds is 3. The lowest BCUT2D eigenvalue weighted by atomic mass is 9.85. The molecule has 2 fully saturated rings. The molecule has 1 aromatic heterocycles. The van der Waals surface area contributed by atoms with E-state index in [-0.39, 0.29) is 41.3 Å². The normalized spacial score (nSPS) is 24.4. The summed E-state index contributed by atoms with van der Waals surface area (Å²) in [5, 5.41) is 8.40. The molecule has 2 saturated heterocycles. The van der Waals surface area contributed by atoms with Crippen molar-refractivity contribution in [2.24, 2.45) is 11.8 Å². The topological polar surface area (TPSA) is 88.4 Å². The van der Waals surface area contributed by atoms with Crippen LogP contribution in [-0.4, -0.2) is 61.6 Å². The van der Waals surface area contributed by atoms with Gasteiger partial charge in [-0.1, -0.05) is 30.4 Å². The monoisotopic (exact) mass is 377 g/mol. The summed E-state index contributed by atoms with van der Waals surface area (Å²) in [5.41, 5.74) is 1.02. The number of imide groups is 1. The zero-order chi connectivity index (χ0) is 19.3. The smallest absolute Gasteiger partial charge is 0.276 e. The molecule has 1 aliphatic carbocycles. The molecule has 3 aliphatic rings. The average Bonchev–Trinajstić information content (AvgIpc) is 3.28. The minimum Gasteiger partial charge on any atom is -0.333 e. The number of carbonyl (C=O) groups excluding carboxylic acids is 3. The molecule has 0 saturated carbocycles. The van der Waals surface area contributed by atoms with Gasteiger partial charge in [0.25, 0.3) is 5.91 Å². The Balaban J connectivity index is 1.25. The van der Waals surface area contributed by atoms with E-state index in [4.69, 9.17) is 0 Å². The van der Waals surface area contributed by atoms with E-state index in [0.29, 0.717) is 25.9 Å². The van der Waals surface area contributed by atoms with Gasteiger partial charge >= 0.3 is 0 Å². The van der Waals surface area contributed by atoms with Crippen molar-refractivity contribution >= 4 is 17.7 Å². The van der Waals surface area contributed by atoms with E-state index in [1.54, 1.807) is 4.90 Å². The Morgan fingerprint density at radius 1 is 0.964 bits per heavy atom. The SMILES string of the molecule is O=C(c1cnn(-c2ccccc2)n1)N1CC(N2C(=O)[C@H]3CC=CC[C@H]3C2=O)C1. The first-order chi connectivity index (χ1) is 13.6. The number of carbonyl (C=O) groups is 3. The molecule has 8 nitrogen and oxygen atoms in total. The van der Waals surface area contributed by atoms with Crippen molar-refractivity contribution in [3.05, 3.63) is 54.4 Å². The number of para-hydroxylation sites is 1. The van der Waals surface area contributed by atoms with Gasteiger partial charge in [0.15, 0.2) is 5.69 Å². The molecule has 3 heterocycles. The molecule has 28 heavy (non-hydrogen) atoms. The molecule has 0 unspecified atom stereocenters. The van der Waals surface area contributed by atoms with Gasteiger partial charge < -0.3 is 4.90 Å². The van der Waals surface area contributed by atoms with E-state index in [1.807, 2.05) is 42.5 Å². The number of hydrogen-bond acceptors (Lipinski definition) is 5. The zero-order valence-electron chi connectivity index (χ0n) is 15.1. The summed E-state index contributed by atoms with van der Waals surface area (Å²) in [6.45, 7) is 0.697. The minimum absolute atomic E-state index is 0.0912. The van der Waals surface area contributed by atoms with Crippen molar-refractivity contribution in [3.8, 4) is 5.69 Å². The summed E-state index contributed by atoms with van der Waals surface area (Å²) in [5.74, 6) is -0.879. The highest BCUT2D eigenvalue weighted by molar-refractivity contribution is 6.06. The first-order valence-electron chi connectivity index (χ1n) is 9.42. The number of fused-ring (bicyclic) bond motifs is 1. The minimum atomic E-state index is -0.239. The highest BCUT2D eigenvalue weighted by atomic mass is 16.2. The van der Waals surface area contributed by atoms with Crippen LogP contribution < -0.4 is 0 Å². The highest BCUT2D eigenvalue weighted by Gasteiger charge is 2.52. The van der Waals surface area contributed by atoms with Gasteiger partial charge in [0.2, 0.25) is 11.8 Å². The molecule has 0 bridgehead atoms. The fourth-order valence-corrected chi connectivity index (χ4v) is 4.18. The first-order valence-corrected chi connectivity index (χ1v) is 9.42. The third-order valence-corrected chi connectivity index (χ3v) is 5.75. The van der Waals surface area contributed by atoms with Gasteiger partial charge in [-0.2, -0.15) is 9.90 Å². The molecule has 5 rings (SSSR count). The number of aromatic nitrogens is 3. The summed E-state index contributed by atoms with van der Waals surface area (Å²) in [4.78, 5) is 42.3. The lowest BCUT2D eigenvalue weighted by Crippen LogP contribution is -2.62. The van der Waals surface area contributed by atoms with E-state index in [2.05, 4.69) is 10.2 Å². The Labute approximate surface area is 161 Å². The van der Waals surface area contributed by atoms with Crippen LogP contribution in [0.4, 0.5) is 0 Å². The summed E-state index contributed by atoms with van der Waals surface area (Å²) < 4.78 is 0. The van der Waals surface area contributed by atoms with E-state index >= 15 is 0 Å². The molecule has 142 valence electrons. The Kier molecular flexibility index (Phi) is 3.85. The molecule has 0 spiro atoms. The fraction of sp³-hybridized carbons (Fsp3) is 0.350. The van der Waals surface area contributed by atoms with Crippen LogP contribution in [0, 0.1) is 11.8 Å². The zero-order valence-corrected chi connectivity index (χ0v) is 15.1. The molecular formula is C20H19N5O3. The van der Waals surface area contributed by atoms with Gasteiger partial charge in [-0.25, -0.2) is 0 Å². The molecular weight excluding hydrogens is 358 g/mol. The molecule has 0 N–H and O–H groups in total. The number of amides is 3. The van der Waals surface area contributed by atoms with E-state index in [1.165, 1.54) is 15.9 Å². The van der Waals surface area contributed by atoms with Crippen LogP contribution in [-0.2, 0) is 9.59 Å². The quantitative estimate of drug-likeness (QED) is 0.589. The molecule has 2 aliphatic heterocycles. The maximum atomic E-state index is 12.7. The summed E-state index contributed by atoms with van der Waals surface area (Å²) in [6.07, 6.45) is 6.65. The van der Waals surface area contributed by atoms with Gasteiger partial charge in [-0.15, -0.1) is 5.10 Å². The van der Waals surface area contributed by atoms with Crippen LogP contribution in [0.15, 0.2) is 48.7 Å². The lowest BCUT2D eigenvalue weighted by molar-refractivity contribution is -0.145. The number of nitrogens with zero attached hydrogens (tertiary/aromatic N) is 5. The van der Waals surface area contributed by atoms with Crippen LogP contribution in [0.25, 0.3) is 5.69 Å². The molecule has 1 aromatic carbocycles. The first kappa shape index (κ1) is 16.9. The lowest BCUT2D eigenvalue weighted by Gasteiger charge is -2.42. The van der Waals surface area contributed by atoms with Gasteiger partial charge in [0, 0.05) is 13.1 Å². The second kappa shape index (κ2) is 6.40. The van der Waals surface area contributed by atoms with Crippen LogP contribution in [0.3, 0.4) is 0 Å². The summed E-state index contributed by atoms with van der Waals surface area (Å²) in [7, 11) is 0. The second-order valence-electron chi connectivity index (χ2n) is 7.42. The van der Waals surface area contributed by atoms with Crippen molar-refractivity contribution < 1.29 is 14.4 Å². The van der Waals surface area contributed by atoms with Crippen molar-refractivity contribution in [1.29, 1.82) is 0 Å². The van der Waals surface area contributed by atoms with Gasteiger partial charge in [-0.05, 0) is 25.0 Å². The van der Waals surface area contributed by atoms with Gasteiger partial charge in [0.1, 0.15) is 0 Å². The second-order valence-corrected chi connectivity index (χ2v) is 7.42. The standard InChI is InChI=1S/C20H19N5O3/c26-18-15-8-4-5-9-16(15)19(27)24(18)14-11-23(12-14)20(28)17-10-21-25(22-17)13-6-2-1-3-7-13/h1-7,10,14-16H,8-9,11-12H2/t15-,16+.